The molecule has 0 unspecified atom stereocenters. The van der Waals surface area contributed by atoms with E-state index in [-0.39, 0.29) is 19.4 Å². The van der Waals surface area contributed by atoms with Gasteiger partial charge in [-0.15, -0.1) is 0 Å². The average Bonchev–Trinajstić information content (AvgIpc) is 2.26. The van der Waals surface area contributed by atoms with Crippen molar-refractivity contribution < 1.29 is 24.0 Å². The van der Waals surface area contributed by atoms with Gasteiger partial charge >= 0.3 is 11.7 Å². The van der Waals surface area contributed by atoms with Gasteiger partial charge in [0.05, 0.1) is 6.61 Å². The quantitative estimate of drug-likeness (QED) is 0.155. The first-order valence-corrected chi connectivity index (χ1v) is 4.64. The number of oxime groups is 1. The van der Waals surface area contributed by atoms with Crippen molar-refractivity contribution in [2.75, 3.05) is 13.7 Å². The van der Waals surface area contributed by atoms with E-state index in [2.05, 4.69) is 19.5 Å². The van der Waals surface area contributed by atoms with Crippen LogP contribution < -0.4 is 0 Å². The molecule has 0 saturated heterocycles. The Labute approximate surface area is 92.6 Å². The number of ether oxygens (including phenoxy) is 1. The fourth-order valence-corrected chi connectivity index (χ4v) is 0.851. The van der Waals surface area contributed by atoms with Gasteiger partial charge in [-0.05, 0) is 13.3 Å². The fraction of sp³-hybridized carbons (Fsp3) is 0.556. The molecule has 0 aliphatic carbocycles. The molecule has 0 atom stereocenters. The summed E-state index contributed by atoms with van der Waals surface area (Å²) in [5, 5.41) is 3.41. The third kappa shape index (κ3) is 5.02. The molecule has 0 aliphatic rings. The summed E-state index contributed by atoms with van der Waals surface area (Å²) in [6.45, 7) is 1.69. The largest absolute Gasteiger partial charge is 0.457 e. The molecule has 0 aromatic carbocycles. The highest BCUT2D eigenvalue weighted by atomic mass is 16.6. The summed E-state index contributed by atoms with van der Waals surface area (Å²) in [5.74, 6) is -1.54. The second kappa shape index (κ2) is 8.31. The summed E-state index contributed by atoms with van der Waals surface area (Å²) >= 11 is 0. The molecule has 7 nitrogen and oxygen atoms in total. The van der Waals surface area contributed by atoms with E-state index in [9.17, 15) is 9.59 Å². The fourth-order valence-electron chi connectivity index (χ4n) is 0.851. The third-order valence-electron chi connectivity index (χ3n) is 1.51. The first kappa shape index (κ1) is 14.0. The lowest BCUT2D eigenvalue weighted by molar-refractivity contribution is -0.141. The molecule has 0 amide bonds. The van der Waals surface area contributed by atoms with Gasteiger partial charge in [-0.1, -0.05) is 5.16 Å². The van der Waals surface area contributed by atoms with Crippen molar-refractivity contribution in [3.63, 3.8) is 0 Å². The number of carbonyl (C=O) groups is 2. The topological polar surface area (TPSA) is 101 Å². The number of esters is 1. The van der Waals surface area contributed by atoms with E-state index in [1.54, 1.807) is 6.92 Å². The zero-order valence-corrected chi connectivity index (χ0v) is 9.17. The molecule has 0 spiro atoms. The van der Waals surface area contributed by atoms with Gasteiger partial charge in [-0.2, -0.15) is 4.79 Å². The lowest BCUT2D eigenvalue weighted by Gasteiger charge is -1.95. The number of hydrogen-bond donors (Lipinski definition) is 0. The van der Waals surface area contributed by atoms with E-state index in [4.69, 9.17) is 5.53 Å². The van der Waals surface area contributed by atoms with Crippen LogP contribution in [0.25, 0.3) is 5.53 Å². The van der Waals surface area contributed by atoms with Crippen LogP contribution >= 0.6 is 0 Å². The molecule has 0 fully saturated rings. The van der Waals surface area contributed by atoms with Gasteiger partial charge in [0, 0.05) is 12.6 Å². The predicted molar refractivity (Wildman–Crippen MR) is 55.0 cm³/mol. The summed E-state index contributed by atoms with van der Waals surface area (Å²) in [6, 6.07) is 0. The molecule has 0 saturated carbocycles. The van der Waals surface area contributed by atoms with E-state index in [1.165, 1.54) is 13.3 Å². The summed E-state index contributed by atoms with van der Waals surface area (Å²) in [6.07, 6.45) is 1.65. The standard InChI is InChI=1S/C9H13N3O4/c1-3-16-9(14)8(12-10)7(13)5-4-6-11-15-2/h6H,3-5H2,1-2H3/b11-6-. The normalized spacial score (nSPS) is 9.62. The van der Waals surface area contributed by atoms with Gasteiger partial charge in [0.1, 0.15) is 7.11 Å². The number of ketones is 1. The average molecular weight is 227 g/mol. The summed E-state index contributed by atoms with van der Waals surface area (Å²) in [7, 11) is 1.37. The van der Waals surface area contributed by atoms with Crippen molar-refractivity contribution in [2.24, 2.45) is 5.16 Å². The van der Waals surface area contributed by atoms with E-state index >= 15 is 0 Å². The van der Waals surface area contributed by atoms with Crippen LogP contribution in [0.15, 0.2) is 5.16 Å². The minimum absolute atomic E-state index is 0.00886. The minimum atomic E-state index is -0.932. The number of nitrogens with zero attached hydrogens (tertiary/aromatic N) is 3. The van der Waals surface area contributed by atoms with Crippen LogP contribution in [0.5, 0.6) is 0 Å². The van der Waals surface area contributed by atoms with Crippen molar-refractivity contribution in [3.8, 4) is 0 Å². The van der Waals surface area contributed by atoms with Crippen molar-refractivity contribution in [3.05, 3.63) is 5.53 Å². The Kier molecular flexibility index (Phi) is 7.27. The first-order chi connectivity index (χ1) is 7.67. The number of hydrogen-bond acceptors (Lipinski definition) is 5. The molecule has 16 heavy (non-hydrogen) atoms. The van der Waals surface area contributed by atoms with Gasteiger partial charge in [-0.25, -0.2) is 4.79 Å². The molecule has 0 radical (unpaired) electrons. The number of Topliss-reactive ketones (excluding diaryl/α,β-unsaturated/α-hetero) is 1. The van der Waals surface area contributed by atoms with Crippen LogP contribution in [0.4, 0.5) is 0 Å². The number of rotatable bonds is 7. The monoisotopic (exact) mass is 227 g/mol. The third-order valence-corrected chi connectivity index (χ3v) is 1.51. The molecule has 0 aromatic rings. The Bertz CT molecular complexity index is 332. The second-order valence-corrected chi connectivity index (χ2v) is 2.60. The zero-order chi connectivity index (χ0) is 12.4. The summed E-state index contributed by atoms with van der Waals surface area (Å²) in [5.41, 5.74) is 7.90. The van der Waals surface area contributed by atoms with Gasteiger partial charge in [0.15, 0.2) is 0 Å². The van der Waals surface area contributed by atoms with Crippen LogP contribution in [0.2, 0.25) is 0 Å². The van der Waals surface area contributed by atoms with E-state index in [0.29, 0.717) is 0 Å². The summed E-state index contributed by atoms with van der Waals surface area (Å²) in [4.78, 5) is 29.5. The second-order valence-electron chi connectivity index (χ2n) is 2.60. The van der Waals surface area contributed by atoms with Crippen molar-refractivity contribution >= 4 is 23.7 Å². The molecule has 0 aliphatic heterocycles. The maximum Gasteiger partial charge on any atom is 0.441 e. The lowest BCUT2D eigenvalue weighted by Crippen LogP contribution is -2.27. The van der Waals surface area contributed by atoms with Gasteiger partial charge in [0.25, 0.3) is 5.78 Å². The minimum Gasteiger partial charge on any atom is -0.457 e. The molecular formula is C9H13N3O4. The maximum absolute atomic E-state index is 11.4. The zero-order valence-electron chi connectivity index (χ0n) is 9.17. The highest BCUT2D eigenvalue weighted by Crippen LogP contribution is 1.93. The molecule has 0 heterocycles. The smallest absolute Gasteiger partial charge is 0.441 e. The van der Waals surface area contributed by atoms with Crippen LogP contribution in [0.3, 0.4) is 0 Å². The Morgan fingerprint density at radius 1 is 1.50 bits per heavy atom. The van der Waals surface area contributed by atoms with Crippen LogP contribution in [0, 0.1) is 0 Å². The summed E-state index contributed by atoms with van der Waals surface area (Å²) < 4.78 is 4.53. The molecule has 0 bridgehead atoms. The Balaban J connectivity index is 4.29. The van der Waals surface area contributed by atoms with Gasteiger partial charge in [0.2, 0.25) is 0 Å². The van der Waals surface area contributed by atoms with Gasteiger partial charge < -0.3 is 15.1 Å². The predicted octanol–water partition coefficient (Wildman–Crippen LogP) is 0.202. The SMILES string of the molecule is CCOC(=O)C(=[N+]=[N-])C(=O)CC/C=N\OC. The Morgan fingerprint density at radius 3 is 2.69 bits per heavy atom. The molecular weight excluding hydrogens is 214 g/mol. The van der Waals surface area contributed by atoms with E-state index < -0.39 is 17.5 Å². The van der Waals surface area contributed by atoms with Crippen molar-refractivity contribution in [2.45, 2.75) is 19.8 Å². The molecule has 0 N–H and O–H groups in total. The van der Waals surface area contributed by atoms with E-state index in [1.807, 2.05) is 0 Å². The number of carbonyl (C=O) groups excluding carboxylic acids is 2. The Morgan fingerprint density at radius 2 is 2.19 bits per heavy atom. The highest BCUT2D eigenvalue weighted by Gasteiger charge is 2.29. The molecule has 7 heteroatoms. The Hall–Kier alpha value is -2.01. The van der Waals surface area contributed by atoms with Crippen LogP contribution in [-0.4, -0.2) is 42.2 Å². The lowest BCUT2D eigenvalue weighted by atomic mass is 10.1. The molecule has 88 valence electrons. The van der Waals surface area contributed by atoms with Crippen molar-refractivity contribution in [1.82, 2.24) is 0 Å². The molecule has 0 aromatic heterocycles. The maximum atomic E-state index is 11.4. The first-order valence-electron chi connectivity index (χ1n) is 4.64. The van der Waals surface area contributed by atoms with Crippen LogP contribution in [-0.2, 0) is 19.2 Å². The van der Waals surface area contributed by atoms with E-state index in [0.717, 1.165) is 0 Å². The van der Waals surface area contributed by atoms with Gasteiger partial charge in [-0.3, -0.25) is 4.79 Å². The van der Waals surface area contributed by atoms with Crippen LogP contribution in [0.1, 0.15) is 19.8 Å². The van der Waals surface area contributed by atoms with Crippen molar-refractivity contribution in [1.29, 1.82) is 0 Å². The highest BCUT2D eigenvalue weighted by molar-refractivity contribution is 6.62. The molecule has 0 rings (SSSR count).